The second-order valence-corrected chi connectivity index (χ2v) is 5.75. The van der Waals surface area contributed by atoms with E-state index in [0.29, 0.717) is 18.8 Å². The highest BCUT2D eigenvalue weighted by atomic mass is 16.5. The van der Waals surface area contributed by atoms with Crippen molar-refractivity contribution in [2.24, 2.45) is 0 Å². The fraction of sp³-hybridized carbons (Fsp3) is 0.263. The van der Waals surface area contributed by atoms with E-state index in [1.807, 2.05) is 62.4 Å². The van der Waals surface area contributed by atoms with Crippen LogP contribution in [0.2, 0.25) is 0 Å². The predicted octanol–water partition coefficient (Wildman–Crippen LogP) is 2.85. The first-order valence-corrected chi connectivity index (χ1v) is 8.01. The minimum Gasteiger partial charge on any atom is -0.484 e. The summed E-state index contributed by atoms with van der Waals surface area (Å²) in [4.78, 5) is 16.4. The number of hydrogen-bond donors (Lipinski definition) is 1. The van der Waals surface area contributed by atoms with Gasteiger partial charge in [0.05, 0.1) is 11.0 Å². The average Bonchev–Trinajstić information content (AvgIpc) is 2.89. The molecule has 0 aliphatic rings. The zero-order chi connectivity index (χ0) is 16.9. The molecular weight excluding hydrogens is 302 g/mol. The van der Waals surface area contributed by atoms with Crippen molar-refractivity contribution in [3.05, 3.63) is 59.9 Å². The van der Waals surface area contributed by atoms with Crippen LogP contribution in [0.4, 0.5) is 0 Å². The quantitative estimate of drug-likeness (QED) is 0.759. The first-order chi connectivity index (χ1) is 11.6. The molecule has 0 aliphatic heterocycles. The molecule has 0 aliphatic carbocycles. The average molecular weight is 323 g/mol. The molecule has 0 saturated carbocycles. The highest BCUT2D eigenvalue weighted by Gasteiger charge is 2.07. The molecule has 0 spiro atoms. The third kappa shape index (κ3) is 3.74. The van der Waals surface area contributed by atoms with E-state index in [9.17, 15) is 4.79 Å². The predicted molar refractivity (Wildman–Crippen MR) is 94.2 cm³/mol. The molecule has 0 saturated heterocycles. The summed E-state index contributed by atoms with van der Waals surface area (Å²) in [6, 6.07) is 15.7. The fourth-order valence-corrected chi connectivity index (χ4v) is 2.69. The summed E-state index contributed by atoms with van der Waals surface area (Å²) in [5.74, 6) is 1.53. The minimum absolute atomic E-state index is 0.0209. The molecule has 1 amide bonds. The van der Waals surface area contributed by atoms with Gasteiger partial charge in [0.25, 0.3) is 5.91 Å². The molecule has 3 rings (SSSR count). The number of nitrogens with one attached hydrogen (secondary N) is 1. The van der Waals surface area contributed by atoms with Gasteiger partial charge in [-0.3, -0.25) is 4.79 Å². The van der Waals surface area contributed by atoms with Crippen molar-refractivity contribution in [3.8, 4) is 5.75 Å². The van der Waals surface area contributed by atoms with E-state index in [2.05, 4.69) is 14.9 Å². The van der Waals surface area contributed by atoms with Crippen LogP contribution < -0.4 is 10.1 Å². The number of aryl methyl sites for hydroxylation is 2. The van der Waals surface area contributed by atoms with Crippen molar-refractivity contribution in [1.29, 1.82) is 0 Å². The van der Waals surface area contributed by atoms with E-state index in [1.165, 1.54) is 0 Å². The van der Waals surface area contributed by atoms with Crippen molar-refractivity contribution >= 4 is 16.9 Å². The van der Waals surface area contributed by atoms with Gasteiger partial charge in [-0.25, -0.2) is 4.98 Å². The van der Waals surface area contributed by atoms with E-state index in [0.717, 1.165) is 22.4 Å². The summed E-state index contributed by atoms with van der Waals surface area (Å²) in [6.45, 7) is 5.21. The Morgan fingerprint density at radius 1 is 1.17 bits per heavy atom. The zero-order valence-electron chi connectivity index (χ0n) is 14.0. The number of amides is 1. The lowest BCUT2D eigenvalue weighted by Crippen LogP contribution is -2.31. The van der Waals surface area contributed by atoms with Gasteiger partial charge < -0.3 is 14.6 Å². The molecule has 0 unspecified atom stereocenters. The number of rotatable bonds is 6. The number of carbonyl (C=O) groups excluding carboxylic acids is 1. The molecule has 2 aromatic carbocycles. The molecule has 3 aromatic rings. The standard InChI is InChI=1S/C19H21N3O2/c1-14-6-5-7-16(12-14)24-13-19(23)20-10-11-22-15(2)21-17-8-3-4-9-18(17)22/h3-9,12H,10-11,13H2,1-2H3,(H,20,23). The van der Waals surface area contributed by atoms with Crippen LogP contribution >= 0.6 is 0 Å². The van der Waals surface area contributed by atoms with Crippen LogP contribution in [-0.4, -0.2) is 28.6 Å². The highest BCUT2D eigenvalue weighted by Crippen LogP contribution is 2.15. The van der Waals surface area contributed by atoms with Crippen molar-refractivity contribution in [2.75, 3.05) is 13.2 Å². The first kappa shape index (κ1) is 16.1. The van der Waals surface area contributed by atoms with E-state index < -0.39 is 0 Å². The molecule has 0 atom stereocenters. The maximum Gasteiger partial charge on any atom is 0.258 e. The number of carbonyl (C=O) groups is 1. The molecule has 5 nitrogen and oxygen atoms in total. The Balaban J connectivity index is 1.50. The van der Waals surface area contributed by atoms with E-state index >= 15 is 0 Å². The van der Waals surface area contributed by atoms with Gasteiger partial charge in [0.1, 0.15) is 11.6 Å². The molecule has 0 fully saturated rings. The molecule has 0 radical (unpaired) electrons. The second-order valence-electron chi connectivity index (χ2n) is 5.75. The molecule has 1 heterocycles. The summed E-state index contributed by atoms with van der Waals surface area (Å²) < 4.78 is 7.61. The van der Waals surface area contributed by atoms with Gasteiger partial charge in [-0.15, -0.1) is 0 Å². The minimum atomic E-state index is -0.126. The summed E-state index contributed by atoms with van der Waals surface area (Å²) in [7, 11) is 0. The molecule has 24 heavy (non-hydrogen) atoms. The summed E-state index contributed by atoms with van der Waals surface area (Å²) in [5.41, 5.74) is 3.17. The highest BCUT2D eigenvalue weighted by molar-refractivity contribution is 5.78. The SMILES string of the molecule is Cc1cccc(OCC(=O)NCCn2c(C)nc3ccccc32)c1. The number of nitrogens with zero attached hydrogens (tertiary/aromatic N) is 2. The van der Waals surface area contributed by atoms with Gasteiger partial charge in [0.2, 0.25) is 0 Å². The topological polar surface area (TPSA) is 56.1 Å². The third-order valence-electron chi connectivity index (χ3n) is 3.86. The third-order valence-corrected chi connectivity index (χ3v) is 3.86. The summed E-state index contributed by atoms with van der Waals surface area (Å²) in [6.07, 6.45) is 0. The number of fused-ring (bicyclic) bond motifs is 1. The Morgan fingerprint density at radius 3 is 2.83 bits per heavy atom. The number of ether oxygens (including phenoxy) is 1. The van der Waals surface area contributed by atoms with Crippen molar-refractivity contribution in [1.82, 2.24) is 14.9 Å². The number of hydrogen-bond acceptors (Lipinski definition) is 3. The van der Waals surface area contributed by atoms with Crippen LogP contribution in [0, 0.1) is 13.8 Å². The van der Waals surface area contributed by atoms with Crippen LogP contribution in [-0.2, 0) is 11.3 Å². The Morgan fingerprint density at radius 2 is 2.00 bits per heavy atom. The van der Waals surface area contributed by atoms with Gasteiger partial charge in [-0.1, -0.05) is 24.3 Å². The largest absolute Gasteiger partial charge is 0.484 e. The number of imidazole rings is 1. The monoisotopic (exact) mass is 323 g/mol. The molecule has 0 bridgehead atoms. The van der Waals surface area contributed by atoms with Gasteiger partial charge in [0.15, 0.2) is 6.61 Å². The zero-order valence-corrected chi connectivity index (χ0v) is 14.0. The maximum atomic E-state index is 11.9. The summed E-state index contributed by atoms with van der Waals surface area (Å²) >= 11 is 0. The van der Waals surface area contributed by atoms with Crippen LogP contribution in [0.1, 0.15) is 11.4 Å². The molecule has 1 aromatic heterocycles. The Labute approximate surface area is 141 Å². The molecule has 1 N–H and O–H groups in total. The molecule has 124 valence electrons. The maximum absolute atomic E-state index is 11.9. The van der Waals surface area contributed by atoms with Crippen molar-refractivity contribution < 1.29 is 9.53 Å². The van der Waals surface area contributed by atoms with Gasteiger partial charge in [-0.2, -0.15) is 0 Å². The normalized spacial score (nSPS) is 10.8. The van der Waals surface area contributed by atoms with Crippen molar-refractivity contribution in [3.63, 3.8) is 0 Å². The first-order valence-electron chi connectivity index (χ1n) is 8.01. The van der Waals surface area contributed by atoms with Crippen LogP contribution in [0.5, 0.6) is 5.75 Å². The van der Waals surface area contributed by atoms with Gasteiger partial charge in [0, 0.05) is 13.1 Å². The lowest BCUT2D eigenvalue weighted by molar-refractivity contribution is -0.123. The Bertz CT molecular complexity index is 855. The molecule has 5 heteroatoms. The molecular formula is C19H21N3O2. The van der Waals surface area contributed by atoms with E-state index in [1.54, 1.807) is 0 Å². The lowest BCUT2D eigenvalue weighted by Gasteiger charge is -2.10. The lowest BCUT2D eigenvalue weighted by atomic mass is 10.2. The number of para-hydroxylation sites is 2. The van der Waals surface area contributed by atoms with Crippen molar-refractivity contribution in [2.45, 2.75) is 20.4 Å². The Kier molecular flexibility index (Phi) is 4.79. The number of benzene rings is 2. The smallest absolute Gasteiger partial charge is 0.258 e. The van der Waals surface area contributed by atoms with E-state index in [-0.39, 0.29) is 12.5 Å². The van der Waals surface area contributed by atoms with Gasteiger partial charge >= 0.3 is 0 Å². The van der Waals surface area contributed by atoms with Crippen LogP contribution in [0.15, 0.2) is 48.5 Å². The fourth-order valence-electron chi connectivity index (χ4n) is 2.69. The van der Waals surface area contributed by atoms with Gasteiger partial charge in [-0.05, 0) is 43.7 Å². The van der Waals surface area contributed by atoms with E-state index in [4.69, 9.17) is 4.74 Å². The van der Waals surface area contributed by atoms with Crippen LogP contribution in [0.3, 0.4) is 0 Å². The second kappa shape index (κ2) is 7.17. The summed E-state index contributed by atoms with van der Waals surface area (Å²) in [5, 5.41) is 2.89. The Hall–Kier alpha value is -2.82. The van der Waals surface area contributed by atoms with Crippen LogP contribution in [0.25, 0.3) is 11.0 Å². The number of aromatic nitrogens is 2.